The van der Waals surface area contributed by atoms with Gasteiger partial charge in [-0.1, -0.05) is 6.08 Å². The predicted molar refractivity (Wildman–Crippen MR) is 32.0 cm³/mol. The minimum absolute atomic E-state index is 0.789. The average molecular weight is 208 g/mol. The third-order valence-electron chi connectivity index (χ3n) is 0.976. The molecule has 0 rings (SSSR count). The van der Waals surface area contributed by atoms with Gasteiger partial charge in [-0.25, -0.2) is 4.39 Å². The Hall–Kier alpha value is -0.720. The van der Waals surface area contributed by atoms with Gasteiger partial charge in [0.25, 0.3) is 6.17 Å². The van der Waals surface area contributed by atoms with Gasteiger partial charge in [-0.15, -0.1) is 6.58 Å². The van der Waals surface area contributed by atoms with Crippen molar-refractivity contribution in [2.24, 2.45) is 0 Å². The second-order valence-electron chi connectivity index (χ2n) is 2.07. The first-order valence-electron chi connectivity index (χ1n) is 3.05. The minimum Gasteiger partial charge on any atom is -0.314 e. The van der Waals surface area contributed by atoms with E-state index >= 15 is 0 Å². The van der Waals surface area contributed by atoms with Crippen molar-refractivity contribution in [3.05, 3.63) is 12.7 Å². The zero-order chi connectivity index (χ0) is 10.7. The molecule has 0 amide bonds. The molecule has 78 valence electrons. The first-order valence-corrected chi connectivity index (χ1v) is 3.05. The van der Waals surface area contributed by atoms with Gasteiger partial charge >= 0.3 is 12.3 Å². The lowest BCUT2D eigenvalue weighted by Crippen LogP contribution is -2.43. The van der Waals surface area contributed by atoms with Crippen LogP contribution in [-0.2, 0) is 4.74 Å². The van der Waals surface area contributed by atoms with Crippen LogP contribution < -0.4 is 0 Å². The summed E-state index contributed by atoms with van der Waals surface area (Å²) in [6, 6.07) is 0. The normalized spacial score (nSPS) is 15.5. The van der Waals surface area contributed by atoms with E-state index in [0.29, 0.717) is 0 Å². The van der Waals surface area contributed by atoms with Crippen molar-refractivity contribution in [3.8, 4) is 0 Å². The Morgan fingerprint density at radius 2 is 1.69 bits per heavy atom. The Kier molecular flexibility index (Phi) is 3.77. The quantitative estimate of drug-likeness (QED) is 0.509. The lowest BCUT2D eigenvalue weighted by molar-refractivity contribution is -0.332. The van der Waals surface area contributed by atoms with E-state index in [-0.39, 0.29) is 0 Å². The van der Waals surface area contributed by atoms with Gasteiger partial charge < -0.3 is 4.74 Å². The number of hydrogen-bond acceptors (Lipinski definition) is 1. The summed E-state index contributed by atoms with van der Waals surface area (Å²) >= 11 is 0. The summed E-state index contributed by atoms with van der Waals surface area (Å²) in [7, 11) is 0. The molecule has 0 fully saturated rings. The van der Waals surface area contributed by atoms with Crippen molar-refractivity contribution in [1.82, 2.24) is 0 Å². The molecule has 0 bridgehead atoms. The number of ether oxygens (including phenoxy) is 1. The molecule has 13 heavy (non-hydrogen) atoms. The van der Waals surface area contributed by atoms with Crippen molar-refractivity contribution < 1.29 is 31.1 Å². The maximum atomic E-state index is 12.1. The van der Waals surface area contributed by atoms with E-state index in [1.807, 2.05) is 0 Å². The molecule has 0 N–H and O–H groups in total. The minimum atomic E-state index is -5.63. The van der Waals surface area contributed by atoms with Gasteiger partial charge in [0.05, 0.1) is 6.61 Å². The van der Waals surface area contributed by atoms with Crippen molar-refractivity contribution in [3.63, 3.8) is 0 Å². The Balaban J connectivity index is 4.34. The van der Waals surface area contributed by atoms with Gasteiger partial charge in [0.2, 0.25) is 0 Å². The first-order chi connectivity index (χ1) is 5.72. The lowest BCUT2D eigenvalue weighted by Gasteiger charge is -2.21. The Labute approximate surface area is 70.0 Å². The summed E-state index contributed by atoms with van der Waals surface area (Å²) in [4.78, 5) is 0. The van der Waals surface area contributed by atoms with Gasteiger partial charge in [0.1, 0.15) is 0 Å². The zero-order valence-corrected chi connectivity index (χ0v) is 6.24. The molecule has 0 aromatic heterocycles. The molecule has 0 spiro atoms. The van der Waals surface area contributed by atoms with Gasteiger partial charge in [0, 0.05) is 0 Å². The third-order valence-corrected chi connectivity index (χ3v) is 0.976. The molecular weight excluding hydrogens is 202 g/mol. The van der Waals surface area contributed by atoms with Gasteiger partial charge in [-0.3, -0.25) is 0 Å². The van der Waals surface area contributed by atoms with E-state index in [4.69, 9.17) is 0 Å². The van der Waals surface area contributed by atoms with Crippen LogP contribution in [-0.4, -0.2) is 25.1 Å². The van der Waals surface area contributed by atoms with Crippen molar-refractivity contribution in [2.75, 3.05) is 6.61 Å². The van der Waals surface area contributed by atoms with Crippen LogP contribution in [0.25, 0.3) is 0 Å². The van der Waals surface area contributed by atoms with E-state index < -0.39 is 25.1 Å². The number of hydrogen-bond donors (Lipinski definition) is 0. The van der Waals surface area contributed by atoms with Crippen LogP contribution in [0.4, 0.5) is 26.3 Å². The highest BCUT2D eigenvalue weighted by atomic mass is 19.4. The lowest BCUT2D eigenvalue weighted by atomic mass is 10.3. The number of halogens is 6. The number of alkyl halides is 6. The summed E-state index contributed by atoms with van der Waals surface area (Å²) in [6.45, 7) is 2.07. The second kappa shape index (κ2) is 3.99. The average Bonchev–Trinajstić information content (AvgIpc) is 1.98. The van der Waals surface area contributed by atoms with E-state index in [1.165, 1.54) is 0 Å². The van der Waals surface area contributed by atoms with E-state index in [0.717, 1.165) is 6.08 Å². The molecular formula is C6H6F6O. The van der Waals surface area contributed by atoms with E-state index in [9.17, 15) is 26.3 Å². The smallest absolute Gasteiger partial charge is 0.314 e. The van der Waals surface area contributed by atoms with Crippen LogP contribution in [0.1, 0.15) is 0 Å². The SMILES string of the molecule is C=CCOC(F)(F)[C@H](F)C(F)(F)F. The molecule has 0 saturated heterocycles. The van der Waals surface area contributed by atoms with E-state index in [1.54, 1.807) is 0 Å². The van der Waals surface area contributed by atoms with Crippen LogP contribution in [0.5, 0.6) is 0 Å². The standard InChI is InChI=1S/C6H6F6O/c1-2-3-13-6(11,12)4(7)5(8,9)10/h2,4H,1,3H2/t4-/m1/s1. The molecule has 0 radical (unpaired) electrons. The molecule has 0 aromatic carbocycles. The van der Waals surface area contributed by atoms with Crippen LogP contribution in [0, 0.1) is 0 Å². The van der Waals surface area contributed by atoms with Gasteiger partial charge in [-0.2, -0.15) is 22.0 Å². The topological polar surface area (TPSA) is 9.23 Å². The molecule has 1 nitrogen and oxygen atoms in total. The highest BCUT2D eigenvalue weighted by Crippen LogP contribution is 2.35. The Bertz CT molecular complexity index is 174. The van der Waals surface area contributed by atoms with Crippen LogP contribution in [0.15, 0.2) is 12.7 Å². The molecule has 0 aliphatic heterocycles. The largest absolute Gasteiger partial charge is 0.428 e. The fourth-order valence-corrected chi connectivity index (χ4v) is 0.434. The third kappa shape index (κ3) is 3.67. The summed E-state index contributed by atoms with van der Waals surface area (Å²) in [5.74, 6) is 0. The second-order valence-corrected chi connectivity index (χ2v) is 2.07. The summed E-state index contributed by atoms with van der Waals surface area (Å²) in [5, 5.41) is 0. The summed E-state index contributed by atoms with van der Waals surface area (Å²) in [6.07, 6.45) is -14.0. The molecule has 7 heteroatoms. The van der Waals surface area contributed by atoms with Crippen LogP contribution in [0.2, 0.25) is 0 Å². The Morgan fingerprint density at radius 1 is 1.23 bits per heavy atom. The monoisotopic (exact) mass is 208 g/mol. The highest BCUT2D eigenvalue weighted by Gasteiger charge is 2.58. The predicted octanol–water partition coefficient (Wildman–Crippen LogP) is 2.68. The van der Waals surface area contributed by atoms with Gasteiger partial charge in [0.15, 0.2) is 0 Å². The summed E-state index contributed by atoms with van der Waals surface area (Å²) in [5.41, 5.74) is 0. The van der Waals surface area contributed by atoms with Crippen molar-refractivity contribution >= 4 is 0 Å². The maximum Gasteiger partial charge on any atom is 0.428 e. The summed E-state index contributed by atoms with van der Waals surface area (Å²) < 4.78 is 73.8. The fourth-order valence-electron chi connectivity index (χ4n) is 0.434. The van der Waals surface area contributed by atoms with Crippen molar-refractivity contribution in [1.29, 1.82) is 0 Å². The first kappa shape index (κ1) is 12.3. The van der Waals surface area contributed by atoms with Crippen LogP contribution >= 0.6 is 0 Å². The van der Waals surface area contributed by atoms with Gasteiger partial charge in [-0.05, 0) is 0 Å². The van der Waals surface area contributed by atoms with E-state index in [2.05, 4.69) is 11.3 Å². The zero-order valence-electron chi connectivity index (χ0n) is 6.24. The van der Waals surface area contributed by atoms with Crippen molar-refractivity contribution in [2.45, 2.75) is 18.5 Å². The molecule has 0 aliphatic carbocycles. The Morgan fingerprint density at radius 3 is 2.00 bits per heavy atom. The fraction of sp³-hybridized carbons (Fsp3) is 0.667. The highest BCUT2D eigenvalue weighted by molar-refractivity contribution is 4.77. The number of rotatable bonds is 4. The molecule has 0 aromatic rings. The molecule has 0 saturated carbocycles. The molecule has 0 unspecified atom stereocenters. The molecule has 0 aliphatic rings. The molecule has 0 heterocycles. The van der Waals surface area contributed by atoms with Crippen LogP contribution in [0.3, 0.4) is 0 Å². The maximum absolute atomic E-state index is 12.1. The molecule has 1 atom stereocenters.